The Labute approximate surface area is 175 Å². The minimum Gasteiger partial charge on any atom is -0.354 e. The first-order chi connectivity index (χ1) is 14.7. The van der Waals surface area contributed by atoms with Gasteiger partial charge in [-0.1, -0.05) is 0 Å². The molecule has 1 fully saturated rings. The van der Waals surface area contributed by atoms with Crippen LogP contribution in [0.15, 0.2) is 49.2 Å². The number of anilines is 3. The van der Waals surface area contributed by atoms with Gasteiger partial charge in [0.05, 0.1) is 11.9 Å². The molecule has 30 heavy (non-hydrogen) atoms. The van der Waals surface area contributed by atoms with Crippen molar-refractivity contribution < 1.29 is 4.79 Å². The molecule has 8 nitrogen and oxygen atoms in total. The molecule has 3 aromatic heterocycles. The third kappa shape index (κ3) is 3.24. The molecule has 1 unspecified atom stereocenters. The molecule has 0 spiro atoms. The lowest BCUT2D eigenvalue weighted by Crippen LogP contribution is -2.39. The molecule has 2 aliphatic heterocycles. The number of carbonyl (C=O) groups is 1. The van der Waals surface area contributed by atoms with E-state index in [2.05, 4.69) is 30.2 Å². The van der Waals surface area contributed by atoms with Crippen molar-refractivity contribution in [3.63, 3.8) is 0 Å². The molecule has 1 amide bonds. The van der Waals surface area contributed by atoms with Gasteiger partial charge < -0.3 is 15.1 Å². The molecule has 0 aromatic carbocycles. The minimum absolute atomic E-state index is 0.0869. The second-order valence-electron chi connectivity index (χ2n) is 7.53. The highest BCUT2D eigenvalue weighted by atomic mass is 16.2. The van der Waals surface area contributed by atoms with Gasteiger partial charge >= 0.3 is 0 Å². The molecule has 1 saturated heterocycles. The molecule has 0 aliphatic carbocycles. The molecular weight excluding hydrogens is 378 g/mol. The van der Waals surface area contributed by atoms with Crippen LogP contribution in [0, 0.1) is 0 Å². The van der Waals surface area contributed by atoms with Gasteiger partial charge in [0.25, 0.3) is 5.91 Å². The fourth-order valence-electron chi connectivity index (χ4n) is 4.23. The van der Waals surface area contributed by atoms with Crippen molar-refractivity contribution >= 4 is 23.4 Å². The summed E-state index contributed by atoms with van der Waals surface area (Å²) >= 11 is 0. The fraction of sp³-hybridized carbons (Fsp3) is 0.318. The van der Waals surface area contributed by atoms with E-state index in [1.54, 1.807) is 24.8 Å². The second-order valence-corrected chi connectivity index (χ2v) is 7.53. The summed E-state index contributed by atoms with van der Waals surface area (Å²) in [7, 11) is 0. The summed E-state index contributed by atoms with van der Waals surface area (Å²) in [5.41, 5.74) is 3.29. The van der Waals surface area contributed by atoms with E-state index >= 15 is 0 Å². The lowest BCUT2D eigenvalue weighted by Gasteiger charge is -2.27. The lowest BCUT2D eigenvalue weighted by atomic mass is 10.1. The van der Waals surface area contributed by atoms with Crippen LogP contribution in [0.25, 0.3) is 11.1 Å². The number of nitrogens with zero attached hydrogens (tertiary/aromatic N) is 6. The third-order valence-electron chi connectivity index (χ3n) is 5.67. The summed E-state index contributed by atoms with van der Waals surface area (Å²) < 4.78 is 0. The molecule has 1 atom stereocenters. The van der Waals surface area contributed by atoms with Crippen LogP contribution in [-0.2, 0) is 0 Å². The maximum atomic E-state index is 13.5. The lowest BCUT2D eigenvalue weighted by molar-refractivity contribution is 0.0988. The van der Waals surface area contributed by atoms with Gasteiger partial charge in [-0.2, -0.15) is 4.98 Å². The summed E-state index contributed by atoms with van der Waals surface area (Å²) in [6, 6.07) is 6.12. The van der Waals surface area contributed by atoms with Crippen molar-refractivity contribution in [3.8, 4) is 11.1 Å². The number of hydrogen-bond acceptors (Lipinski definition) is 7. The number of aromatic nitrogens is 4. The predicted molar refractivity (Wildman–Crippen MR) is 116 cm³/mol. The number of rotatable bonds is 4. The van der Waals surface area contributed by atoms with Gasteiger partial charge in [-0.15, -0.1) is 0 Å². The third-order valence-corrected chi connectivity index (χ3v) is 5.67. The van der Waals surface area contributed by atoms with Gasteiger partial charge in [0.15, 0.2) is 0 Å². The molecule has 0 saturated carbocycles. The minimum atomic E-state index is -0.0869. The van der Waals surface area contributed by atoms with Gasteiger partial charge in [0.2, 0.25) is 5.95 Å². The predicted octanol–water partition coefficient (Wildman–Crippen LogP) is 2.99. The molecule has 8 heteroatoms. The number of carbonyl (C=O) groups excluding carboxylic acids is 1. The first-order valence-corrected chi connectivity index (χ1v) is 10.3. The smallest absolute Gasteiger partial charge is 0.263 e. The Morgan fingerprint density at radius 2 is 2.00 bits per heavy atom. The van der Waals surface area contributed by atoms with Crippen molar-refractivity contribution in [1.82, 2.24) is 19.9 Å². The van der Waals surface area contributed by atoms with Crippen LogP contribution >= 0.6 is 0 Å². The Morgan fingerprint density at radius 1 is 1.13 bits per heavy atom. The molecule has 152 valence electrons. The van der Waals surface area contributed by atoms with Crippen LogP contribution in [0.5, 0.6) is 0 Å². The zero-order chi connectivity index (χ0) is 20.5. The van der Waals surface area contributed by atoms with Crippen molar-refractivity contribution in [2.45, 2.75) is 25.8 Å². The maximum absolute atomic E-state index is 13.5. The maximum Gasteiger partial charge on any atom is 0.263 e. The van der Waals surface area contributed by atoms with Gasteiger partial charge in [-0.25, -0.2) is 4.98 Å². The summed E-state index contributed by atoms with van der Waals surface area (Å²) in [6.07, 6.45) is 10.8. The number of hydrogen-bond donors (Lipinski definition) is 1. The molecule has 0 bridgehead atoms. The van der Waals surface area contributed by atoms with Gasteiger partial charge in [-0.05, 0) is 43.5 Å². The highest BCUT2D eigenvalue weighted by Crippen LogP contribution is 2.34. The highest BCUT2D eigenvalue weighted by Gasteiger charge is 2.37. The van der Waals surface area contributed by atoms with E-state index in [-0.39, 0.29) is 11.9 Å². The highest BCUT2D eigenvalue weighted by molar-refractivity contribution is 6.10. The first kappa shape index (κ1) is 18.5. The normalized spacial score (nSPS) is 18.0. The average Bonchev–Trinajstić information content (AvgIpc) is 3.22. The quantitative estimate of drug-likeness (QED) is 0.719. The summed E-state index contributed by atoms with van der Waals surface area (Å²) in [4.78, 5) is 35.2. The number of nitrogens with one attached hydrogen (secondary N) is 1. The van der Waals surface area contributed by atoms with Crippen molar-refractivity contribution in [2.75, 3.05) is 34.8 Å². The van der Waals surface area contributed by atoms with E-state index in [4.69, 9.17) is 0 Å². The number of amides is 1. The average molecular weight is 401 g/mol. The molecular formula is C22H23N7O. The van der Waals surface area contributed by atoms with E-state index in [0.29, 0.717) is 18.1 Å². The fourth-order valence-corrected chi connectivity index (χ4v) is 4.23. The topological polar surface area (TPSA) is 87.1 Å². The Balaban J connectivity index is 1.56. The van der Waals surface area contributed by atoms with Crippen LogP contribution in [0.1, 0.15) is 30.1 Å². The Kier molecular flexibility index (Phi) is 4.74. The molecule has 5 rings (SSSR count). The number of fused-ring (bicyclic) bond motifs is 3. The van der Waals surface area contributed by atoms with Crippen LogP contribution in [0.2, 0.25) is 0 Å². The molecule has 1 N–H and O–H groups in total. The zero-order valence-electron chi connectivity index (χ0n) is 16.8. The van der Waals surface area contributed by atoms with Crippen LogP contribution in [-0.4, -0.2) is 51.5 Å². The van der Waals surface area contributed by atoms with Gasteiger partial charge in [-0.3, -0.25) is 14.8 Å². The Morgan fingerprint density at radius 3 is 2.83 bits per heavy atom. The number of pyridine rings is 2. The molecule has 3 aromatic rings. The van der Waals surface area contributed by atoms with Gasteiger partial charge in [0.1, 0.15) is 11.4 Å². The van der Waals surface area contributed by atoms with Crippen LogP contribution in [0.4, 0.5) is 17.5 Å². The largest absolute Gasteiger partial charge is 0.354 e. The Hall–Kier alpha value is -3.55. The van der Waals surface area contributed by atoms with Crippen LogP contribution < -0.4 is 15.1 Å². The van der Waals surface area contributed by atoms with E-state index in [1.165, 1.54) is 0 Å². The van der Waals surface area contributed by atoms with E-state index in [9.17, 15) is 4.79 Å². The SMILES string of the molecule is CCNc1ncc2c(n1)N1CCCC1CN(c1cncc(-c3ccncc3)c1)C2=O. The van der Waals surface area contributed by atoms with E-state index < -0.39 is 0 Å². The summed E-state index contributed by atoms with van der Waals surface area (Å²) in [5.74, 6) is 1.20. The standard InChI is InChI=1S/C22H23N7O/c1-2-25-22-26-13-19-20(27-22)28-9-3-4-17(28)14-29(21(19)30)18-10-16(11-24-12-18)15-5-7-23-8-6-15/h5-8,10-13,17H,2-4,9,14H2,1H3,(H,25,26,27). The second kappa shape index (κ2) is 7.70. The molecule has 2 aliphatic rings. The summed E-state index contributed by atoms with van der Waals surface area (Å²) in [5, 5.41) is 3.15. The van der Waals surface area contributed by atoms with Crippen LogP contribution in [0.3, 0.4) is 0 Å². The monoisotopic (exact) mass is 401 g/mol. The van der Waals surface area contributed by atoms with E-state index in [1.807, 2.05) is 36.2 Å². The van der Waals surface area contributed by atoms with Gasteiger partial charge in [0, 0.05) is 56.0 Å². The zero-order valence-corrected chi connectivity index (χ0v) is 16.8. The Bertz CT molecular complexity index is 1070. The first-order valence-electron chi connectivity index (χ1n) is 10.3. The van der Waals surface area contributed by atoms with Crippen molar-refractivity contribution in [3.05, 3.63) is 54.7 Å². The molecule has 5 heterocycles. The van der Waals surface area contributed by atoms with Crippen molar-refractivity contribution in [2.24, 2.45) is 0 Å². The molecule has 0 radical (unpaired) electrons. The van der Waals surface area contributed by atoms with Crippen molar-refractivity contribution in [1.29, 1.82) is 0 Å². The summed E-state index contributed by atoms with van der Waals surface area (Å²) in [6.45, 7) is 4.24. The van der Waals surface area contributed by atoms with E-state index in [0.717, 1.165) is 48.6 Å².